The molecule has 3 rings (SSSR count). The lowest BCUT2D eigenvalue weighted by Gasteiger charge is -2.32. The van der Waals surface area contributed by atoms with Crippen molar-refractivity contribution in [1.82, 2.24) is 15.6 Å². The number of aromatic nitrogens is 1. The van der Waals surface area contributed by atoms with Crippen LogP contribution in [0.1, 0.15) is 31.9 Å². The average Bonchev–Trinajstić information content (AvgIpc) is 3.26. The minimum Gasteiger partial charge on any atom is -0.384 e. The first-order valence-corrected chi connectivity index (χ1v) is 11.0. The molecule has 2 unspecified atom stereocenters. The molecule has 0 radical (unpaired) electrons. The molecule has 1 saturated heterocycles. The fourth-order valence-electron chi connectivity index (χ4n) is 3.20. The van der Waals surface area contributed by atoms with Gasteiger partial charge < -0.3 is 25.4 Å². The van der Waals surface area contributed by atoms with E-state index in [0.717, 1.165) is 43.2 Å². The smallest absolute Gasteiger partial charge is 0.191 e. The molecule has 1 aliphatic heterocycles. The van der Waals surface area contributed by atoms with Crippen LogP contribution in [0.25, 0.3) is 0 Å². The van der Waals surface area contributed by atoms with Crippen LogP contribution >= 0.6 is 11.3 Å². The van der Waals surface area contributed by atoms with Crippen LogP contribution in [0, 0.1) is 0 Å². The Hall–Kier alpha value is -2.16. The lowest BCUT2D eigenvalue weighted by Crippen LogP contribution is -2.44. The summed E-state index contributed by atoms with van der Waals surface area (Å²) >= 11 is 1.58. The standard InChI is InChI=1S/C21H31N5O2S/c1-4-22-20(25-15-21(3,27)18-6-10-29-14-18)24-12-17-5-7-23-19(11-17)26-8-9-28-16(2)13-26/h5-7,10-11,14,16,27H,4,8-9,12-13,15H2,1-3H3,(H2,22,24,25). The van der Waals surface area contributed by atoms with Gasteiger partial charge in [0, 0.05) is 25.8 Å². The minimum atomic E-state index is -0.951. The zero-order valence-electron chi connectivity index (χ0n) is 17.4. The number of thiophene rings is 1. The summed E-state index contributed by atoms with van der Waals surface area (Å²) in [4.78, 5) is 11.5. The van der Waals surface area contributed by atoms with Gasteiger partial charge >= 0.3 is 0 Å². The second kappa shape index (κ2) is 10.0. The summed E-state index contributed by atoms with van der Waals surface area (Å²) in [7, 11) is 0. The third kappa shape index (κ3) is 6.16. The topological polar surface area (TPSA) is 82.0 Å². The molecule has 158 valence electrons. The van der Waals surface area contributed by atoms with Crippen LogP contribution in [0.2, 0.25) is 0 Å². The Morgan fingerprint density at radius 1 is 1.45 bits per heavy atom. The maximum absolute atomic E-state index is 10.7. The van der Waals surface area contributed by atoms with Crippen molar-refractivity contribution in [3.8, 4) is 0 Å². The van der Waals surface area contributed by atoms with E-state index in [1.165, 1.54) is 0 Å². The molecule has 7 nitrogen and oxygen atoms in total. The first-order valence-electron chi connectivity index (χ1n) is 10.1. The first kappa shape index (κ1) is 21.5. The number of rotatable bonds is 7. The molecule has 1 fully saturated rings. The number of nitrogens with zero attached hydrogens (tertiary/aromatic N) is 3. The highest BCUT2D eigenvalue weighted by molar-refractivity contribution is 7.08. The molecular formula is C21H31N5O2S. The molecule has 0 amide bonds. The fraction of sp³-hybridized carbons (Fsp3) is 0.524. The number of hydrogen-bond acceptors (Lipinski definition) is 6. The van der Waals surface area contributed by atoms with E-state index >= 15 is 0 Å². The molecule has 0 bridgehead atoms. The second-order valence-electron chi connectivity index (χ2n) is 7.48. The molecule has 0 saturated carbocycles. The molecule has 0 aromatic carbocycles. The number of nitrogens with one attached hydrogen (secondary N) is 2. The Kier molecular flexibility index (Phi) is 7.46. The quantitative estimate of drug-likeness (QED) is 0.474. The maximum atomic E-state index is 10.7. The maximum Gasteiger partial charge on any atom is 0.191 e. The number of morpholine rings is 1. The SMILES string of the molecule is CCNC(=NCc1ccnc(N2CCOC(C)C2)c1)NCC(C)(O)c1ccsc1. The van der Waals surface area contributed by atoms with E-state index in [0.29, 0.717) is 19.0 Å². The van der Waals surface area contributed by atoms with Gasteiger partial charge in [0.1, 0.15) is 11.4 Å². The number of ether oxygens (including phenoxy) is 1. The van der Waals surface area contributed by atoms with Crippen molar-refractivity contribution in [1.29, 1.82) is 0 Å². The molecule has 2 aromatic heterocycles. The largest absolute Gasteiger partial charge is 0.384 e. The van der Waals surface area contributed by atoms with E-state index < -0.39 is 5.60 Å². The predicted octanol–water partition coefficient (Wildman–Crippen LogP) is 2.33. The van der Waals surface area contributed by atoms with Gasteiger partial charge in [-0.05, 0) is 60.9 Å². The summed E-state index contributed by atoms with van der Waals surface area (Å²) in [6.45, 7) is 10.0. The summed E-state index contributed by atoms with van der Waals surface area (Å²) in [5.41, 5.74) is 1.05. The molecule has 29 heavy (non-hydrogen) atoms. The monoisotopic (exact) mass is 417 g/mol. The molecular weight excluding hydrogens is 386 g/mol. The van der Waals surface area contributed by atoms with Crippen LogP contribution in [-0.4, -0.2) is 54.9 Å². The highest BCUT2D eigenvalue weighted by atomic mass is 32.1. The Morgan fingerprint density at radius 3 is 3.03 bits per heavy atom. The van der Waals surface area contributed by atoms with Crippen molar-refractivity contribution in [2.75, 3.05) is 37.7 Å². The number of hydrogen-bond donors (Lipinski definition) is 3. The van der Waals surface area contributed by atoms with Gasteiger partial charge in [0.15, 0.2) is 5.96 Å². The molecule has 3 heterocycles. The van der Waals surface area contributed by atoms with Crippen molar-refractivity contribution in [3.05, 3.63) is 46.3 Å². The Balaban J connectivity index is 1.63. The van der Waals surface area contributed by atoms with Crippen molar-refractivity contribution in [2.24, 2.45) is 4.99 Å². The number of aliphatic imine (C=N–C) groups is 1. The summed E-state index contributed by atoms with van der Waals surface area (Å²) in [5.74, 6) is 1.65. The summed E-state index contributed by atoms with van der Waals surface area (Å²) < 4.78 is 5.62. The molecule has 8 heteroatoms. The van der Waals surface area contributed by atoms with E-state index in [1.54, 1.807) is 11.3 Å². The Bertz CT molecular complexity index is 794. The zero-order chi connectivity index (χ0) is 20.7. The lowest BCUT2D eigenvalue weighted by atomic mass is 9.99. The Labute approximate surface area is 176 Å². The van der Waals surface area contributed by atoms with E-state index in [-0.39, 0.29) is 6.10 Å². The van der Waals surface area contributed by atoms with E-state index in [2.05, 4.69) is 38.5 Å². The van der Waals surface area contributed by atoms with Crippen LogP contribution in [-0.2, 0) is 16.9 Å². The second-order valence-corrected chi connectivity index (χ2v) is 8.26. The summed E-state index contributed by atoms with van der Waals surface area (Å²) in [6.07, 6.45) is 2.05. The van der Waals surface area contributed by atoms with Crippen LogP contribution < -0.4 is 15.5 Å². The van der Waals surface area contributed by atoms with Crippen LogP contribution in [0.4, 0.5) is 5.82 Å². The van der Waals surface area contributed by atoms with Crippen LogP contribution in [0.15, 0.2) is 40.1 Å². The highest BCUT2D eigenvalue weighted by Crippen LogP contribution is 2.22. The van der Waals surface area contributed by atoms with Gasteiger partial charge in [0.2, 0.25) is 0 Å². The number of guanidine groups is 1. The molecule has 2 aromatic rings. The zero-order valence-corrected chi connectivity index (χ0v) is 18.2. The van der Waals surface area contributed by atoms with E-state index in [9.17, 15) is 5.11 Å². The van der Waals surface area contributed by atoms with Crippen molar-refractivity contribution in [3.63, 3.8) is 0 Å². The fourth-order valence-corrected chi connectivity index (χ4v) is 3.98. The van der Waals surface area contributed by atoms with Gasteiger partial charge in [-0.1, -0.05) is 0 Å². The van der Waals surface area contributed by atoms with Crippen molar-refractivity contribution in [2.45, 2.75) is 39.0 Å². The number of pyridine rings is 1. The van der Waals surface area contributed by atoms with E-state index in [4.69, 9.17) is 4.74 Å². The predicted molar refractivity (Wildman–Crippen MR) is 119 cm³/mol. The summed E-state index contributed by atoms with van der Waals surface area (Å²) in [6, 6.07) is 6.02. The van der Waals surface area contributed by atoms with Gasteiger partial charge in [-0.3, -0.25) is 0 Å². The normalized spacial score (nSPS) is 19.7. The molecule has 3 N–H and O–H groups in total. The van der Waals surface area contributed by atoms with Gasteiger partial charge in [0.05, 0.1) is 25.8 Å². The third-order valence-electron chi connectivity index (χ3n) is 4.88. The minimum absolute atomic E-state index is 0.216. The Morgan fingerprint density at radius 2 is 2.31 bits per heavy atom. The third-order valence-corrected chi connectivity index (χ3v) is 5.57. The summed E-state index contributed by atoms with van der Waals surface area (Å²) in [5, 5.41) is 21.2. The first-order chi connectivity index (χ1) is 14.0. The van der Waals surface area contributed by atoms with Crippen molar-refractivity contribution < 1.29 is 9.84 Å². The van der Waals surface area contributed by atoms with Crippen LogP contribution in [0.5, 0.6) is 0 Å². The van der Waals surface area contributed by atoms with E-state index in [1.807, 2.05) is 42.9 Å². The van der Waals surface area contributed by atoms with Crippen LogP contribution in [0.3, 0.4) is 0 Å². The van der Waals surface area contributed by atoms with Gasteiger partial charge in [-0.2, -0.15) is 11.3 Å². The van der Waals surface area contributed by atoms with Gasteiger partial charge in [-0.15, -0.1) is 0 Å². The van der Waals surface area contributed by atoms with Crippen molar-refractivity contribution >= 4 is 23.1 Å². The van der Waals surface area contributed by atoms with Gasteiger partial charge in [0.25, 0.3) is 0 Å². The van der Waals surface area contributed by atoms with Gasteiger partial charge in [-0.25, -0.2) is 9.98 Å². The molecule has 1 aliphatic rings. The molecule has 0 spiro atoms. The molecule has 0 aliphatic carbocycles. The average molecular weight is 418 g/mol. The number of anilines is 1. The number of aliphatic hydroxyl groups is 1. The highest BCUT2D eigenvalue weighted by Gasteiger charge is 2.23. The lowest BCUT2D eigenvalue weighted by molar-refractivity contribution is 0.0529. The molecule has 2 atom stereocenters.